The zero-order valence-electron chi connectivity index (χ0n) is 19.1. The zero-order chi connectivity index (χ0) is 24.6. The number of ether oxygens (including phenoxy) is 3. The summed E-state index contributed by atoms with van der Waals surface area (Å²) < 4.78 is 56.0. The van der Waals surface area contributed by atoms with Crippen molar-refractivity contribution in [1.29, 1.82) is 0 Å². The molecule has 0 aliphatic carbocycles. The Labute approximate surface area is 198 Å². The minimum Gasteiger partial charge on any atom is -0.496 e. The summed E-state index contributed by atoms with van der Waals surface area (Å²) in [6.07, 6.45) is -3.73. The maximum absolute atomic E-state index is 13.1. The summed E-state index contributed by atoms with van der Waals surface area (Å²) in [5, 5.41) is 1.80. The highest BCUT2D eigenvalue weighted by molar-refractivity contribution is 7.13. The first kappa shape index (κ1) is 24.2. The number of halogens is 3. The molecule has 0 bridgehead atoms. The Morgan fingerprint density at radius 2 is 1.97 bits per heavy atom. The number of fused-ring (bicyclic) bond motifs is 1. The van der Waals surface area contributed by atoms with E-state index in [0.29, 0.717) is 41.8 Å². The van der Waals surface area contributed by atoms with E-state index in [2.05, 4.69) is 9.97 Å². The summed E-state index contributed by atoms with van der Waals surface area (Å²) in [4.78, 5) is 22.5. The highest BCUT2D eigenvalue weighted by Gasteiger charge is 2.35. The van der Waals surface area contributed by atoms with Gasteiger partial charge in [0, 0.05) is 35.4 Å². The van der Waals surface area contributed by atoms with Crippen molar-refractivity contribution in [2.75, 3.05) is 27.8 Å². The number of hydrogen-bond acceptors (Lipinski definition) is 8. The number of likely N-dealkylation sites (N-methyl/N-ethyl adjacent to an activating group) is 1. The standard InChI is InChI=1S/C23H24F3N3O4S/c1-12-17(31-3)6-5-14-18(33-13-7-8-29(2)16(9-13)22(30)32-4)10-15(27-20(12)14)21-28-19(11-34-21)23(24,25)26/h5-6,10-11,13,16H,7-9H2,1-4H3. The summed E-state index contributed by atoms with van der Waals surface area (Å²) in [7, 11) is 4.74. The monoisotopic (exact) mass is 495 g/mol. The molecule has 1 aliphatic rings. The maximum atomic E-state index is 13.1. The lowest BCUT2D eigenvalue weighted by atomic mass is 9.99. The van der Waals surface area contributed by atoms with E-state index in [-0.39, 0.29) is 22.8 Å². The smallest absolute Gasteiger partial charge is 0.434 e. The lowest BCUT2D eigenvalue weighted by Crippen LogP contribution is -2.48. The molecule has 2 aromatic heterocycles. The normalized spacial score (nSPS) is 19.3. The summed E-state index contributed by atoms with van der Waals surface area (Å²) in [6.45, 7) is 2.46. The lowest BCUT2D eigenvalue weighted by molar-refractivity contribution is -0.149. The molecular formula is C23H24F3N3O4S. The molecule has 0 amide bonds. The fraction of sp³-hybridized carbons (Fsp3) is 0.435. The molecule has 11 heteroatoms. The number of piperidine rings is 1. The quantitative estimate of drug-likeness (QED) is 0.475. The van der Waals surface area contributed by atoms with Gasteiger partial charge in [-0.2, -0.15) is 13.2 Å². The minimum atomic E-state index is -4.54. The third-order valence-corrected chi connectivity index (χ3v) is 6.83. The topological polar surface area (TPSA) is 73.8 Å². The number of carbonyl (C=O) groups is 1. The summed E-state index contributed by atoms with van der Waals surface area (Å²) in [5.41, 5.74) is 0.593. The Hall–Kier alpha value is -2.92. The van der Waals surface area contributed by atoms with Crippen molar-refractivity contribution in [3.63, 3.8) is 0 Å². The van der Waals surface area contributed by atoms with Crippen LogP contribution in [0, 0.1) is 6.92 Å². The lowest BCUT2D eigenvalue weighted by Gasteiger charge is -2.35. The summed E-state index contributed by atoms with van der Waals surface area (Å²) in [6, 6.07) is 4.77. The Bertz CT molecular complexity index is 1210. The molecule has 2 unspecified atom stereocenters. The van der Waals surface area contributed by atoms with Crippen molar-refractivity contribution < 1.29 is 32.2 Å². The zero-order valence-corrected chi connectivity index (χ0v) is 19.9. The van der Waals surface area contributed by atoms with E-state index >= 15 is 0 Å². The van der Waals surface area contributed by atoms with Crippen LogP contribution in [0.1, 0.15) is 24.1 Å². The number of benzene rings is 1. The van der Waals surface area contributed by atoms with Crippen molar-refractivity contribution in [1.82, 2.24) is 14.9 Å². The van der Waals surface area contributed by atoms with Crippen molar-refractivity contribution in [2.24, 2.45) is 0 Å². The molecule has 1 fully saturated rings. The predicted octanol–water partition coefficient (Wildman–Crippen LogP) is 4.71. The van der Waals surface area contributed by atoms with Gasteiger partial charge in [-0.15, -0.1) is 11.3 Å². The molecule has 0 N–H and O–H groups in total. The van der Waals surface area contributed by atoms with Gasteiger partial charge in [-0.3, -0.25) is 9.69 Å². The Kier molecular flexibility index (Phi) is 6.68. The van der Waals surface area contributed by atoms with Crippen LogP contribution in [-0.2, 0) is 15.7 Å². The molecule has 1 aromatic carbocycles. The van der Waals surface area contributed by atoms with Crippen molar-refractivity contribution >= 4 is 28.2 Å². The third-order valence-electron chi connectivity index (χ3n) is 5.97. The van der Waals surface area contributed by atoms with Gasteiger partial charge < -0.3 is 14.2 Å². The Morgan fingerprint density at radius 1 is 1.21 bits per heavy atom. The highest BCUT2D eigenvalue weighted by Crippen LogP contribution is 2.39. The van der Waals surface area contributed by atoms with Gasteiger partial charge in [0.25, 0.3) is 0 Å². The van der Waals surface area contributed by atoms with E-state index in [9.17, 15) is 18.0 Å². The number of pyridine rings is 1. The number of esters is 1. The summed E-state index contributed by atoms with van der Waals surface area (Å²) >= 11 is 0.868. The van der Waals surface area contributed by atoms with E-state index in [1.807, 2.05) is 24.9 Å². The SMILES string of the molecule is COC(=O)C1CC(Oc2cc(-c3nc(C(F)(F)F)cs3)nc3c(C)c(OC)ccc23)CCN1C. The van der Waals surface area contributed by atoms with Gasteiger partial charge >= 0.3 is 12.1 Å². The molecule has 4 rings (SSSR count). The number of hydrogen-bond donors (Lipinski definition) is 0. The Balaban J connectivity index is 1.77. The van der Waals surface area contributed by atoms with Crippen LogP contribution >= 0.6 is 11.3 Å². The van der Waals surface area contributed by atoms with Gasteiger partial charge in [0.15, 0.2) is 5.69 Å². The van der Waals surface area contributed by atoms with Crippen molar-refractivity contribution in [3.8, 4) is 22.2 Å². The number of aromatic nitrogens is 2. The van der Waals surface area contributed by atoms with Crippen LogP contribution in [0.4, 0.5) is 13.2 Å². The van der Waals surface area contributed by atoms with Crippen LogP contribution in [-0.4, -0.2) is 60.8 Å². The van der Waals surface area contributed by atoms with Crippen molar-refractivity contribution in [3.05, 3.63) is 34.8 Å². The first-order valence-corrected chi connectivity index (χ1v) is 11.5. The van der Waals surface area contributed by atoms with Gasteiger partial charge in [0.2, 0.25) is 0 Å². The molecule has 0 saturated carbocycles. The highest BCUT2D eigenvalue weighted by atomic mass is 32.1. The first-order chi connectivity index (χ1) is 16.1. The molecular weight excluding hydrogens is 471 g/mol. The minimum absolute atomic E-state index is 0.136. The number of thiazole rings is 1. The van der Waals surface area contributed by atoms with E-state index in [0.717, 1.165) is 22.3 Å². The first-order valence-electron chi connectivity index (χ1n) is 10.6. The molecule has 2 atom stereocenters. The molecule has 34 heavy (non-hydrogen) atoms. The van der Waals surface area contributed by atoms with Gasteiger partial charge in [-0.05, 0) is 32.5 Å². The van der Waals surface area contributed by atoms with E-state index in [1.54, 1.807) is 12.1 Å². The molecule has 3 heterocycles. The van der Waals surface area contributed by atoms with Crippen LogP contribution in [0.2, 0.25) is 0 Å². The molecule has 7 nitrogen and oxygen atoms in total. The van der Waals surface area contributed by atoms with E-state index in [4.69, 9.17) is 14.2 Å². The third kappa shape index (κ3) is 4.67. The maximum Gasteiger partial charge on any atom is 0.434 e. The van der Waals surface area contributed by atoms with Gasteiger partial charge in [0.05, 0.1) is 19.7 Å². The number of likely N-dealkylation sites (tertiary alicyclic amines) is 1. The molecule has 182 valence electrons. The second kappa shape index (κ2) is 9.38. The van der Waals surface area contributed by atoms with E-state index < -0.39 is 17.9 Å². The number of nitrogens with zero attached hydrogens (tertiary/aromatic N) is 3. The largest absolute Gasteiger partial charge is 0.496 e. The fourth-order valence-electron chi connectivity index (χ4n) is 4.08. The van der Waals surface area contributed by atoms with Crippen LogP contribution < -0.4 is 9.47 Å². The molecule has 1 aliphatic heterocycles. The molecule has 0 radical (unpaired) electrons. The second-order valence-corrected chi connectivity index (χ2v) is 8.97. The van der Waals surface area contributed by atoms with Crippen LogP contribution in [0.5, 0.6) is 11.5 Å². The number of carbonyl (C=O) groups excluding carboxylic acids is 1. The number of rotatable bonds is 5. The van der Waals surface area contributed by atoms with Crippen molar-refractivity contribution in [2.45, 2.75) is 38.1 Å². The predicted molar refractivity (Wildman–Crippen MR) is 121 cm³/mol. The average Bonchev–Trinajstić information content (AvgIpc) is 3.31. The van der Waals surface area contributed by atoms with Gasteiger partial charge in [-0.25, -0.2) is 9.97 Å². The van der Waals surface area contributed by atoms with Gasteiger partial charge in [-0.1, -0.05) is 0 Å². The van der Waals surface area contributed by atoms with Gasteiger partial charge in [0.1, 0.15) is 34.3 Å². The number of aryl methyl sites for hydroxylation is 1. The van der Waals surface area contributed by atoms with Crippen LogP contribution in [0.3, 0.4) is 0 Å². The number of methoxy groups -OCH3 is 2. The van der Waals surface area contributed by atoms with Crippen LogP contribution in [0.25, 0.3) is 21.6 Å². The summed E-state index contributed by atoms with van der Waals surface area (Å²) in [5.74, 6) is 0.732. The Morgan fingerprint density at radius 3 is 2.62 bits per heavy atom. The van der Waals surface area contributed by atoms with E-state index in [1.165, 1.54) is 14.2 Å². The van der Waals surface area contributed by atoms with Crippen LogP contribution in [0.15, 0.2) is 23.6 Å². The number of alkyl halides is 3. The second-order valence-electron chi connectivity index (χ2n) is 8.11. The molecule has 3 aromatic rings. The molecule has 0 spiro atoms. The average molecular weight is 496 g/mol. The molecule has 1 saturated heterocycles. The fourth-order valence-corrected chi connectivity index (χ4v) is 4.86.